The minimum absolute atomic E-state index is 0.0262. The van der Waals surface area contributed by atoms with E-state index in [9.17, 15) is 24.0 Å². The van der Waals surface area contributed by atoms with E-state index in [-0.39, 0.29) is 38.6 Å². The number of hydrogen-bond acceptors (Lipinski definition) is 8. The minimum atomic E-state index is -1.55. The number of esters is 1. The van der Waals surface area contributed by atoms with Gasteiger partial charge in [0.1, 0.15) is 11.4 Å². The lowest BCUT2D eigenvalue weighted by molar-refractivity contribution is -0.159. The molecule has 0 spiro atoms. The van der Waals surface area contributed by atoms with Gasteiger partial charge in [-0.05, 0) is 71.4 Å². The van der Waals surface area contributed by atoms with Gasteiger partial charge >= 0.3 is 5.97 Å². The third-order valence-electron chi connectivity index (χ3n) is 4.82. The van der Waals surface area contributed by atoms with Crippen LogP contribution in [-0.2, 0) is 19.1 Å². The van der Waals surface area contributed by atoms with E-state index in [1.807, 2.05) is 12.5 Å². The zero-order chi connectivity index (χ0) is 30.2. The van der Waals surface area contributed by atoms with E-state index in [0.717, 1.165) is 11.8 Å². The molecule has 212 valence electrons. The van der Waals surface area contributed by atoms with Gasteiger partial charge < -0.3 is 4.74 Å². The molecule has 0 heterocycles. The van der Waals surface area contributed by atoms with Crippen molar-refractivity contribution in [3.63, 3.8) is 0 Å². The highest BCUT2D eigenvalue weighted by Crippen LogP contribution is 2.36. The topological polar surface area (TPSA) is 94.6 Å². The van der Waals surface area contributed by atoms with Gasteiger partial charge in [0.2, 0.25) is 0 Å². The lowest BCUT2D eigenvalue weighted by Crippen LogP contribution is -2.36. The average Bonchev–Trinajstić information content (AvgIpc) is 2.81. The first-order valence-corrected chi connectivity index (χ1v) is 15.3. The van der Waals surface area contributed by atoms with Gasteiger partial charge in [-0.1, -0.05) is 46.4 Å². The molecule has 0 aliphatic carbocycles. The van der Waals surface area contributed by atoms with E-state index >= 15 is 0 Å². The second-order valence-corrected chi connectivity index (χ2v) is 12.3. The minimum Gasteiger partial charge on any atom is -0.459 e. The van der Waals surface area contributed by atoms with E-state index in [2.05, 4.69) is 0 Å². The Morgan fingerprint density at radius 3 is 1.59 bits per heavy atom. The molecular weight excluding hydrogens is 626 g/mol. The fourth-order valence-corrected chi connectivity index (χ4v) is 5.48. The number of carbonyl (C=O) groups is 5. The Bertz CT molecular complexity index is 1290. The molecule has 2 rings (SSSR count). The van der Waals surface area contributed by atoms with Crippen LogP contribution in [0.1, 0.15) is 61.8 Å². The predicted molar refractivity (Wildman–Crippen MR) is 160 cm³/mol. The molecule has 0 saturated carbocycles. The van der Waals surface area contributed by atoms with Crippen LogP contribution in [0.2, 0.25) is 20.1 Å². The van der Waals surface area contributed by atoms with Crippen molar-refractivity contribution in [3.8, 4) is 0 Å². The van der Waals surface area contributed by atoms with Crippen molar-refractivity contribution < 1.29 is 28.7 Å². The van der Waals surface area contributed by atoms with Gasteiger partial charge in [-0.2, -0.15) is 0 Å². The van der Waals surface area contributed by atoms with Gasteiger partial charge in [-0.25, -0.2) is 0 Å². The van der Waals surface area contributed by atoms with Crippen molar-refractivity contribution in [1.82, 2.24) is 0 Å². The summed E-state index contributed by atoms with van der Waals surface area (Å²) in [7, 11) is 0. The summed E-state index contributed by atoms with van der Waals surface area (Å²) >= 11 is 27.0. The first kappa shape index (κ1) is 35.5. The van der Waals surface area contributed by atoms with E-state index in [0.29, 0.717) is 15.5 Å². The summed E-state index contributed by atoms with van der Waals surface area (Å²) in [6, 6.07) is 6.42. The molecular formula is C27H28Cl4O6S2. The molecule has 12 heteroatoms. The summed E-state index contributed by atoms with van der Waals surface area (Å²) in [4.78, 5) is 60.6. The molecule has 39 heavy (non-hydrogen) atoms. The smallest absolute Gasteiger partial charge is 0.325 e. The normalized spacial score (nSPS) is 11.7. The number of thioether (sulfide) groups is 2. The zero-order valence-electron chi connectivity index (χ0n) is 22.4. The Morgan fingerprint density at radius 1 is 0.769 bits per heavy atom. The molecule has 6 nitrogen and oxygen atoms in total. The molecule has 0 bridgehead atoms. The average molecular weight is 654 g/mol. The molecule has 0 N–H and O–H groups in total. The number of Topliss-reactive ketones (excluding diaryl/α,β-unsaturated/α-hetero) is 4. The lowest BCUT2D eigenvalue weighted by atomic mass is 9.94. The Kier molecular flexibility index (Phi) is 14.1. The summed E-state index contributed by atoms with van der Waals surface area (Å²) in [6.07, 6.45) is 3.54. The quantitative estimate of drug-likeness (QED) is 0.115. The molecule has 0 fully saturated rings. The van der Waals surface area contributed by atoms with Crippen LogP contribution in [0.25, 0.3) is 0 Å². The van der Waals surface area contributed by atoms with Crippen LogP contribution in [0.5, 0.6) is 0 Å². The van der Waals surface area contributed by atoms with Crippen LogP contribution in [-0.4, -0.2) is 47.2 Å². The molecule has 0 amide bonds. The van der Waals surface area contributed by atoms with Gasteiger partial charge in [-0.3, -0.25) is 24.0 Å². The number of rotatable bonds is 9. The zero-order valence-corrected chi connectivity index (χ0v) is 27.0. The molecule has 0 aliphatic heterocycles. The standard InChI is InChI=1S/C16H18Cl2O4S.C11H10Cl2O2S/c1-8(19)11(15(21)22-16(2,3)4)14(20)9-6-7-10(23-5)13(18)12(9)17;1-6(14)5-8(15)7-3-4-9(16-2)11(13)10(7)12/h6-7,11H,1-5H3;3-4H,5H2,1-2H3. The van der Waals surface area contributed by atoms with Crippen LogP contribution in [0.15, 0.2) is 34.1 Å². The van der Waals surface area contributed by atoms with E-state index in [1.54, 1.807) is 39.0 Å². The summed E-state index contributed by atoms with van der Waals surface area (Å²) in [6.45, 7) is 7.50. The second kappa shape index (κ2) is 15.5. The van der Waals surface area contributed by atoms with Crippen LogP contribution in [0.3, 0.4) is 0 Å². The number of benzene rings is 2. The molecule has 0 saturated heterocycles. The summed E-state index contributed by atoms with van der Waals surface area (Å²) in [5, 5.41) is 0.832. The fraction of sp³-hybridized carbons (Fsp3) is 0.370. The van der Waals surface area contributed by atoms with E-state index in [1.165, 1.54) is 36.5 Å². The van der Waals surface area contributed by atoms with Gasteiger partial charge in [0.15, 0.2) is 23.3 Å². The van der Waals surface area contributed by atoms with Crippen LogP contribution in [0.4, 0.5) is 0 Å². The fourth-order valence-electron chi connectivity index (χ4n) is 3.08. The van der Waals surface area contributed by atoms with Crippen molar-refractivity contribution in [2.45, 2.75) is 56.4 Å². The van der Waals surface area contributed by atoms with Crippen LogP contribution >= 0.6 is 69.9 Å². The van der Waals surface area contributed by atoms with Crippen molar-refractivity contribution >= 4 is 99.0 Å². The molecule has 1 atom stereocenters. The van der Waals surface area contributed by atoms with Gasteiger partial charge in [0, 0.05) is 20.9 Å². The number of halogens is 4. The Morgan fingerprint density at radius 2 is 1.21 bits per heavy atom. The van der Waals surface area contributed by atoms with E-state index < -0.39 is 29.1 Å². The SMILES string of the molecule is CSc1ccc(C(=O)C(C(C)=O)C(=O)OC(C)(C)C)c(Cl)c1Cl.CSc1ccc(C(=O)CC(C)=O)c(Cl)c1Cl. The van der Waals surface area contributed by atoms with Gasteiger partial charge in [0.25, 0.3) is 0 Å². The van der Waals surface area contributed by atoms with Crippen LogP contribution in [0, 0.1) is 5.92 Å². The summed E-state index contributed by atoms with van der Waals surface area (Å²) in [5.74, 6) is -4.26. The van der Waals surface area contributed by atoms with Crippen LogP contribution < -0.4 is 0 Å². The number of ketones is 4. The maximum absolute atomic E-state index is 12.6. The Balaban J connectivity index is 0.000000416. The predicted octanol–water partition coefficient (Wildman–Crippen LogP) is 8.32. The van der Waals surface area contributed by atoms with E-state index in [4.69, 9.17) is 51.1 Å². The third-order valence-corrected chi connectivity index (χ3v) is 8.37. The highest BCUT2D eigenvalue weighted by atomic mass is 35.5. The first-order valence-electron chi connectivity index (χ1n) is 11.3. The van der Waals surface area contributed by atoms with Crippen molar-refractivity contribution in [1.29, 1.82) is 0 Å². The molecule has 0 aromatic heterocycles. The molecule has 1 unspecified atom stereocenters. The molecule has 0 radical (unpaired) electrons. The van der Waals surface area contributed by atoms with Crippen molar-refractivity contribution in [3.05, 3.63) is 55.5 Å². The Hall–Kier alpha value is -1.55. The number of ether oxygens (including phenoxy) is 1. The highest BCUT2D eigenvalue weighted by molar-refractivity contribution is 7.99. The molecule has 0 aliphatic rings. The number of hydrogen-bond donors (Lipinski definition) is 0. The second-order valence-electron chi connectivity index (χ2n) is 9.13. The third kappa shape index (κ3) is 10.1. The largest absolute Gasteiger partial charge is 0.459 e. The summed E-state index contributed by atoms with van der Waals surface area (Å²) in [5.41, 5.74) is -0.477. The Labute approximate surface area is 256 Å². The van der Waals surface area contributed by atoms with Gasteiger partial charge in [-0.15, -0.1) is 23.5 Å². The monoisotopic (exact) mass is 652 g/mol. The van der Waals surface area contributed by atoms with Crippen molar-refractivity contribution in [2.24, 2.45) is 5.92 Å². The summed E-state index contributed by atoms with van der Waals surface area (Å²) < 4.78 is 5.16. The van der Waals surface area contributed by atoms with Crippen molar-refractivity contribution in [2.75, 3.05) is 12.5 Å². The highest BCUT2D eigenvalue weighted by Gasteiger charge is 2.37. The molecule has 2 aromatic carbocycles. The number of carbonyl (C=O) groups excluding carboxylic acids is 5. The lowest BCUT2D eigenvalue weighted by Gasteiger charge is -2.22. The first-order chi connectivity index (χ1) is 18.0. The molecule has 2 aromatic rings. The maximum Gasteiger partial charge on any atom is 0.325 e. The van der Waals surface area contributed by atoms with Gasteiger partial charge in [0.05, 0.1) is 26.5 Å². The maximum atomic E-state index is 12.6.